The molecule has 0 bridgehead atoms. The second-order valence-electron chi connectivity index (χ2n) is 5.62. The van der Waals surface area contributed by atoms with Gasteiger partial charge in [-0.1, -0.05) is 22.8 Å². The minimum Gasteiger partial charge on any atom is -0.360 e. The largest absolute Gasteiger partial charge is 0.360 e. The van der Waals surface area contributed by atoms with Gasteiger partial charge >= 0.3 is 0 Å². The van der Waals surface area contributed by atoms with Gasteiger partial charge < -0.3 is 15.2 Å². The van der Waals surface area contributed by atoms with Gasteiger partial charge in [-0.2, -0.15) is 0 Å². The van der Waals surface area contributed by atoms with Crippen molar-refractivity contribution in [3.8, 4) is 0 Å². The van der Waals surface area contributed by atoms with Gasteiger partial charge in [-0.05, 0) is 43.7 Å². The lowest BCUT2D eigenvalue weighted by atomic mass is 10.2. The molecule has 0 atom stereocenters. The zero-order chi connectivity index (χ0) is 18.7. The lowest BCUT2D eigenvalue weighted by molar-refractivity contribution is 0.102. The zero-order valence-electron chi connectivity index (χ0n) is 14.0. The number of carbonyl (C=O) groups is 2. The molecule has 0 spiro atoms. The molecule has 2 heterocycles. The van der Waals surface area contributed by atoms with E-state index in [1.54, 1.807) is 25.1 Å². The number of amides is 2. The molecule has 3 rings (SSSR count). The van der Waals surface area contributed by atoms with E-state index < -0.39 is 5.91 Å². The fourth-order valence-corrected chi connectivity index (χ4v) is 2.36. The van der Waals surface area contributed by atoms with Gasteiger partial charge in [0.15, 0.2) is 5.82 Å². The fraction of sp³-hybridized carbons (Fsp3) is 0.111. The number of nitrogens with zero attached hydrogens (tertiary/aromatic N) is 2. The topological polar surface area (TPSA) is 97.1 Å². The van der Waals surface area contributed by atoms with Crippen molar-refractivity contribution in [1.29, 1.82) is 0 Å². The molecule has 0 saturated carbocycles. The number of hydrogen-bond acceptors (Lipinski definition) is 5. The van der Waals surface area contributed by atoms with Gasteiger partial charge in [-0.15, -0.1) is 0 Å². The average Bonchev–Trinajstić information content (AvgIpc) is 3.03. The highest BCUT2D eigenvalue weighted by Gasteiger charge is 2.14. The zero-order valence-corrected chi connectivity index (χ0v) is 14.8. The number of hydrogen-bond donors (Lipinski definition) is 2. The Morgan fingerprint density at radius 2 is 1.85 bits per heavy atom. The molecule has 0 aliphatic rings. The van der Waals surface area contributed by atoms with Crippen molar-refractivity contribution in [3.05, 3.63) is 70.2 Å². The summed E-state index contributed by atoms with van der Waals surface area (Å²) in [7, 11) is 0. The second-order valence-corrected chi connectivity index (χ2v) is 6.03. The van der Waals surface area contributed by atoms with Crippen LogP contribution in [0.2, 0.25) is 5.02 Å². The van der Waals surface area contributed by atoms with E-state index in [0.29, 0.717) is 16.5 Å². The maximum atomic E-state index is 12.4. The van der Waals surface area contributed by atoms with Crippen molar-refractivity contribution in [3.63, 3.8) is 0 Å². The van der Waals surface area contributed by atoms with Crippen molar-refractivity contribution in [2.75, 3.05) is 10.6 Å². The Labute approximate surface area is 154 Å². The normalized spacial score (nSPS) is 10.4. The first-order valence-electron chi connectivity index (χ1n) is 7.70. The second kappa shape index (κ2) is 7.37. The Hall–Kier alpha value is -3.19. The molecule has 3 aromatic rings. The van der Waals surface area contributed by atoms with E-state index in [2.05, 4.69) is 20.8 Å². The SMILES string of the molecule is Cc1cc(NC(=O)c2cc(C(=O)Nc3ccc(C)c(Cl)c3)ccn2)no1. The first kappa shape index (κ1) is 17.6. The molecule has 2 aromatic heterocycles. The highest BCUT2D eigenvalue weighted by atomic mass is 35.5. The van der Waals surface area contributed by atoms with Crippen molar-refractivity contribution in [2.45, 2.75) is 13.8 Å². The van der Waals surface area contributed by atoms with Gasteiger partial charge in [0.05, 0.1) is 0 Å². The van der Waals surface area contributed by atoms with E-state index in [9.17, 15) is 9.59 Å². The van der Waals surface area contributed by atoms with Crippen LogP contribution in [0.1, 0.15) is 32.2 Å². The van der Waals surface area contributed by atoms with Crippen molar-refractivity contribution < 1.29 is 14.1 Å². The Kier molecular flexibility index (Phi) is 4.99. The number of carbonyl (C=O) groups excluding carboxylic acids is 2. The molecule has 1 aromatic carbocycles. The summed E-state index contributed by atoms with van der Waals surface area (Å²) in [5.41, 5.74) is 1.85. The van der Waals surface area contributed by atoms with Crippen LogP contribution in [0, 0.1) is 13.8 Å². The number of halogens is 1. The van der Waals surface area contributed by atoms with Gasteiger partial charge in [0, 0.05) is 28.5 Å². The molecule has 26 heavy (non-hydrogen) atoms. The van der Waals surface area contributed by atoms with Crippen LogP contribution >= 0.6 is 11.6 Å². The highest BCUT2D eigenvalue weighted by Crippen LogP contribution is 2.20. The van der Waals surface area contributed by atoms with Crippen LogP contribution in [0.15, 0.2) is 47.1 Å². The molecule has 132 valence electrons. The molecule has 0 saturated heterocycles. The number of pyridine rings is 1. The third-order valence-electron chi connectivity index (χ3n) is 3.55. The van der Waals surface area contributed by atoms with Crippen LogP contribution in [0.4, 0.5) is 11.5 Å². The molecule has 0 radical (unpaired) electrons. The van der Waals surface area contributed by atoms with Crippen LogP contribution in [-0.2, 0) is 0 Å². The third kappa shape index (κ3) is 4.07. The van der Waals surface area contributed by atoms with Crippen molar-refractivity contribution in [2.24, 2.45) is 0 Å². The van der Waals surface area contributed by atoms with Gasteiger partial charge in [0.2, 0.25) is 0 Å². The molecule has 8 heteroatoms. The molecule has 2 amide bonds. The van der Waals surface area contributed by atoms with E-state index in [0.717, 1.165) is 5.56 Å². The summed E-state index contributed by atoms with van der Waals surface area (Å²) in [5.74, 6) is -0.0263. The van der Waals surface area contributed by atoms with Gasteiger partial charge in [-0.3, -0.25) is 14.6 Å². The molecule has 0 fully saturated rings. The number of aryl methyl sites for hydroxylation is 2. The van der Waals surface area contributed by atoms with E-state index in [1.807, 2.05) is 13.0 Å². The smallest absolute Gasteiger partial charge is 0.275 e. The summed E-state index contributed by atoms with van der Waals surface area (Å²) in [6.07, 6.45) is 1.39. The minimum absolute atomic E-state index is 0.0836. The first-order valence-corrected chi connectivity index (χ1v) is 8.08. The number of aromatic nitrogens is 2. The fourth-order valence-electron chi connectivity index (χ4n) is 2.18. The molecular weight excluding hydrogens is 356 g/mol. The van der Waals surface area contributed by atoms with E-state index in [-0.39, 0.29) is 23.0 Å². The van der Waals surface area contributed by atoms with Crippen molar-refractivity contribution in [1.82, 2.24) is 10.1 Å². The Morgan fingerprint density at radius 1 is 1.04 bits per heavy atom. The first-order chi connectivity index (χ1) is 12.4. The lowest BCUT2D eigenvalue weighted by Crippen LogP contribution is -2.17. The summed E-state index contributed by atoms with van der Waals surface area (Å²) in [6, 6.07) is 9.71. The molecule has 2 N–H and O–H groups in total. The van der Waals surface area contributed by atoms with Gasteiger partial charge in [-0.25, -0.2) is 0 Å². The van der Waals surface area contributed by atoms with E-state index >= 15 is 0 Å². The molecule has 0 aliphatic carbocycles. The standard InChI is InChI=1S/C18H15ClN4O3/c1-10-3-4-13(9-14(10)19)21-17(24)12-5-6-20-15(8-12)18(25)22-16-7-11(2)26-23-16/h3-9H,1-2H3,(H,21,24)(H,22,23,25). The lowest BCUT2D eigenvalue weighted by Gasteiger charge is -2.08. The monoisotopic (exact) mass is 370 g/mol. The van der Waals surface area contributed by atoms with E-state index in [4.69, 9.17) is 16.1 Å². The summed E-state index contributed by atoms with van der Waals surface area (Å²) in [5, 5.41) is 9.53. The number of anilines is 2. The highest BCUT2D eigenvalue weighted by molar-refractivity contribution is 6.31. The molecule has 0 unspecified atom stereocenters. The predicted octanol–water partition coefficient (Wildman–Crippen LogP) is 3.84. The average molecular weight is 371 g/mol. The molecular formula is C18H15ClN4O3. The van der Waals surface area contributed by atoms with Crippen LogP contribution in [-0.4, -0.2) is 22.0 Å². The van der Waals surface area contributed by atoms with E-state index in [1.165, 1.54) is 18.3 Å². The van der Waals surface area contributed by atoms with Crippen LogP contribution < -0.4 is 10.6 Å². The van der Waals surface area contributed by atoms with Crippen molar-refractivity contribution >= 4 is 34.9 Å². The number of nitrogens with one attached hydrogen (secondary N) is 2. The number of rotatable bonds is 4. The quantitative estimate of drug-likeness (QED) is 0.727. The Morgan fingerprint density at radius 3 is 2.54 bits per heavy atom. The molecule has 7 nitrogen and oxygen atoms in total. The maximum Gasteiger partial charge on any atom is 0.275 e. The van der Waals surface area contributed by atoms with Crippen LogP contribution in [0.25, 0.3) is 0 Å². The number of benzene rings is 1. The summed E-state index contributed by atoms with van der Waals surface area (Å²) in [4.78, 5) is 28.6. The third-order valence-corrected chi connectivity index (χ3v) is 3.96. The summed E-state index contributed by atoms with van der Waals surface area (Å²) < 4.78 is 4.89. The minimum atomic E-state index is -0.494. The predicted molar refractivity (Wildman–Crippen MR) is 97.6 cm³/mol. The van der Waals surface area contributed by atoms with Crippen LogP contribution in [0.5, 0.6) is 0 Å². The van der Waals surface area contributed by atoms with Crippen LogP contribution in [0.3, 0.4) is 0 Å². The Balaban J connectivity index is 1.74. The Bertz CT molecular complexity index is 984. The van der Waals surface area contributed by atoms with Gasteiger partial charge in [0.1, 0.15) is 11.5 Å². The summed E-state index contributed by atoms with van der Waals surface area (Å²) >= 11 is 6.06. The maximum absolute atomic E-state index is 12.4. The molecule has 0 aliphatic heterocycles. The van der Waals surface area contributed by atoms with Gasteiger partial charge in [0.25, 0.3) is 11.8 Å². The summed E-state index contributed by atoms with van der Waals surface area (Å²) in [6.45, 7) is 3.58.